The Morgan fingerprint density at radius 3 is 2.24 bits per heavy atom. The second-order valence-electron chi connectivity index (χ2n) is 5.67. The first-order valence-corrected chi connectivity index (χ1v) is 7.68. The molecule has 2 fully saturated rings. The van der Waals surface area contributed by atoms with E-state index in [1.54, 1.807) is 11.2 Å². The minimum Gasteiger partial charge on any atom is -0.389 e. The quantitative estimate of drug-likeness (QED) is 0.784. The lowest BCUT2D eigenvalue weighted by molar-refractivity contribution is 0.0755. The molecule has 2 saturated heterocycles. The van der Waals surface area contributed by atoms with E-state index in [-0.39, 0.29) is 6.54 Å². The van der Waals surface area contributed by atoms with Gasteiger partial charge in [-0.1, -0.05) is 6.92 Å². The van der Waals surface area contributed by atoms with Gasteiger partial charge in [0, 0.05) is 26.2 Å². The second-order valence-corrected chi connectivity index (χ2v) is 7.60. The van der Waals surface area contributed by atoms with Crippen molar-refractivity contribution in [2.45, 2.75) is 38.7 Å². The van der Waals surface area contributed by atoms with E-state index in [0.29, 0.717) is 32.0 Å². The van der Waals surface area contributed by atoms with Gasteiger partial charge in [-0.05, 0) is 32.1 Å². The molecule has 0 aromatic heterocycles. The summed E-state index contributed by atoms with van der Waals surface area (Å²) in [5.74, 6) is 0.614. The molecule has 2 aliphatic heterocycles. The maximum atomic E-state index is 12.3. The van der Waals surface area contributed by atoms with Crippen molar-refractivity contribution < 1.29 is 13.5 Å². The summed E-state index contributed by atoms with van der Waals surface area (Å²) in [6.45, 7) is 5.73. The maximum absolute atomic E-state index is 12.3. The van der Waals surface area contributed by atoms with Crippen LogP contribution < -0.4 is 0 Å². The second kappa shape index (κ2) is 4.50. The Morgan fingerprint density at radius 1 is 1.18 bits per heavy atom. The molecule has 0 aliphatic carbocycles. The van der Waals surface area contributed by atoms with Gasteiger partial charge in [0.2, 0.25) is 0 Å². The highest BCUT2D eigenvalue weighted by Crippen LogP contribution is 2.27. The molecule has 100 valence electrons. The lowest BCUT2D eigenvalue weighted by Gasteiger charge is -2.32. The third-order valence-electron chi connectivity index (χ3n) is 3.81. The van der Waals surface area contributed by atoms with E-state index in [9.17, 15) is 13.5 Å². The first kappa shape index (κ1) is 13.3. The highest BCUT2D eigenvalue weighted by Gasteiger charge is 2.40. The molecule has 0 radical (unpaired) electrons. The van der Waals surface area contributed by atoms with Crippen molar-refractivity contribution in [1.29, 1.82) is 0 Å². The first-order valence-electron chi connectivity index (χ1n) is 6.29. The van der Waals surface area contributed by atoms with Crippen molar-refractivity contribution in [2.24, 2.45) is 5.92 Å². The molecule has 5 nitrogen and oxygen atoms in total. The molecule has 0 aromatic carbocycles. The SMILES string of the molecule is CC1CCN(S(=O)(=O)N2CCC(C)(O)C2)CC1. The summed E-state index contributed by atoms with van der Waals surface area (Å²) in [4.78, 5) is 0. The summed E-state index contributed by atoms with van der Waals surface area (Å²) in [6.07, 6.45) is 2.39. The van der Waals surface area contributed by atoms with Crippen LogP contribution in [0, 0.1) is 5.92 Å². The van der Waals surface area contributed by atoms with Crippen molar-refractivity contribution in [3.05, 3.63) is 0 Å². The van der Waals surface area contributed by atoms with Crippen LogP contribution in [0.25, 0.3) is 0 Å². The van der Waals surface area contributed by atoms with Crippen LogP contribution in [0.1, 0.15) is 33.1 Å². The topological polar surface area (TPSA) is 60.9 Å². The van der Waals surface area contributed by atoms with Gasteiger partial charge in [0.05, 0.1) is 5.60 Å². The minimum absolute atomic E-state index is 0.224. The molecular weight excluding hydrogens is 240 g/mol. The standard InChI is InChI=1S/C11H22N2O3S/c1-10-3-6-12(7-4-10)17(15,16)13-8-5-11(2,14)9-13/h10,14H,3-9H2,1-2H3. The summed E-state index contributed by atoms with van der Waals surface area (Å²) >= 11 is 0. The zero-order chi connectivity index (χ0) is 12.7. The minimum atomic E-state index is -3.35. The summed E-state index contributed by atoms with van der Waals surface area (Å²) < 4.78 is 27.6. The maximum Gasteiger partial charge on any atom is 0.282 e. The van der Waals surface area contributed by atoms with Crippen LogP contribution in [0.3, 0.4) is 0 Å². The zero-order valence-electron chi connectivity index (χ0n) is 10.6. The molecule has 2 rings (SSSR count). The molecule has 0 spiro atoms. The van der Waals surface area contributed by atoms with Crippen LogP contribution >= 0.6 is 0 Å². The molecule has 1 unspecified atom stereocenters. The van der Waals surface area contributed by atoms with Gasteiger partial charge in [0.1, 0.15) is 0 Å². The number of rotatable bonds is 2. The van der Waals surface area contributed by atoms with Crippen molar-refractivity contribution >= 4 is 10.2 Å². The van der Waals surface area contributed by atoms with Crippen LogP contribution in [-0.2, 0) is 10.2 Å². The molecule has 17 heavy (non-hydrogen) atoms. The Balaban J connectivity index is 2.04. The van der Waals surface area contributed by atoms with Gasteiger partial charge < -0.3 is 5.11 Å². The van der Waals surface area contributed by atoms with E-state index < -0.39 is 15.8 Å². The summed E-state index contributed by atoms with van der Waals surface area (Å²) in [6, 6.07) is 0. The summed E-state index contributed by atoms with van der Waals surface area (Å²) in [5, 5.41) is 9.84. The summed E-state index contributed by atoms with van der Waals surface area (Å²) in [5.41, 5.74) is -0.865. The number of hydrogen-bond acceptors (Lipinski definition) is 3. The van der Waals surface area contributed by atoms with Gasteiger partial charge in [0.15, 0.2) is 0 Å². The van der Waals surface area contributed by atoms with Crippen molar-refractivity contribution in [3.63, 3.8) is 0 Å². The Hall–Kier alpha value is -0.170. The molecule has 6 heteroatoms. The highest BCUT2D eigenvalue weighted by molar-refractivity contribution is 7.86. The van der Waals surface area contributed by atoms with Gasteiger partial charge in [-0.15, -0.1) is 0 Å². The molecule has 1 atom stereocenters. The Kier molecular flexibility index (Phi) is 3.51. The van der Waals surface area contributed by atoms with Gasteiger partial charge >= 0.3 is 0 Å². The van der Waals surface area contributed by atoms with Gasteiger partial charge in [0.25, 0.3) is 10.2 Å². The predicted octanol–water partition coefficient (Wildman–Crippen LogP) is 0.420. The number of piperidine rings is 1. The largest absolute Gasteiger partial charge is 0.389 e. The Labute approximate surface area is 104 Å². The predicted molar refractivity (Wildman–Crippen MR) is 65.7 cm³/mol. The number of β-amino-alcohol motifs (C(OH)–C–C–N with tert-alkyl or cyclic N) is 1. The van der Waals surface area contributed by atoms with E-state index in [1.165, 1.54) is 4.31 Å². The fourth-order valence-corrected chi connectivity index (χ4v) is 4.24. The van der Waals surface area contributed by atoms with Crippen LogP contribution in [0.4, 0.5) is 0 Å². The Bertz CT molecular complexity index is 372. The molecule has 2 aliphatic rings. The first-order chi connectivity index (χ1) is 7.81. The number of aliphatic hydroxyl groups is 1. The number of nitrogens with zero attached hydrogens (tertiary/aromatic N) is 2. The lowest BCUT2D eigenvalue weighted by Crippen LogP contribution is -2.47. The van der Waals surface area contributed by atoms with Crippen LogP contribution in [0.15, 0.2) is 0 Å². The van der Waals surface area contributed by atoms with E-state index in [2.05, 4.69) is 6.92 Å². The molecule has 0 aromatic rings. The fraction of sp³-hybridized carbons (Fsp3) is 1.00. The highest BCUT2D eigenvalue weighted by atomic mass is 32.2. The fourth-order valence-electron chi connectivity index (χ4n) is 2.48. The van der Waals surface area contributed by atoms with Crippen molar-refractivity contribution in [3.8, 4) is 0 Å². The van der Waals surface area contributed by atoms with Crippen LogP contribution in [0.2, 0.25) is 0 Å². The van der Waals surface area contributed by atoms with Gasteiger partial charge in [-0.25, -0.2) is 0 Å². The van der Waals surface area contributed by atoms with Crippen LogP contribution in [0.5, 0.6) is 0 Å². The Morgan fingerprint density at radius 2 is 1.76 bits per heavy atom. The molecule has 1 N–H and O–H groups in total. The third-order valence-corrected chi connectivity index (χ3v) is 5.79. The molecule has 0 saturated carbocycles. The van der Waals surface area contributed by atoms with E-state index in [1.807, 2.05) is 0 Å². The van der Waals surface area contributed by atoms with E-state index >= 15 is 0 Å². The lowest BCUT2D eigenvalue weighted by atomic mass is 10.0. The van der Waals surface area contributed by atoms with Crippen molar-refractivity contribution in [2.75, 3.05) is 26.2 Å². The summed E-state index contributed by atoms with van der Waals surface area (Å²) in [7, 11) is -3.35. The normalized spacial score (nSPS) is 34.3. The van der Waals surface area contributed by atoms with Crippen molar-refractivity contribution in [1.82, 2.24) is 8.61 Å². The van der Waals surface area contributed by atoms with Gasteiger partial charge in [-0.3, -0.25) is 0 Å². The third kappa shape index (κ3) is 2.81. The molecular formula is C11H22N2O3S. The van der Waals surface area contributed by atoms with E-state index in [4.69, 9.17) is 0 Å². The van der Waals surface area contributed by atoms with Crippen LogP contribution in [-0.4, -0.2) is 53.9 Å². The molecule has 0 amide bonds. The molecule has 0 bridgehead atoms. The van der Waals surface area contributed by atoms with Gasteiger partial charge in [-0.2, -0.15) is 17.0 Å². The average molecular weight is 262 g/mol. The zero-order valence-corrected chi connectivity index (χ0v) is 11.4. The molecule has 2 heterocycles. The monoisotopic (exact) mass is 262 g/mol. The van der Waals surface area contributed by atoms with E-state index in [0.717, 1.165) is 12.8 Å². The number of hydrogen-bond donors (Lipinski definition) is 1. The average Bonchev–Trinajstić information content (AvgIpc) is 2.60. The smallest absolute Gasteiger partial charge is 0.282 e.